The van der Waals surface area contributed by atoms with E-state index in [9.17, 15) is 4.79 Å². The fourth-order valence-corrected chi connectivity index (χ4v) is 1.89. The van der Waals surface area contributed by atoms with Crippen LogP contribution in [-0.2, 0) is 9.53 Å². The number of rotatable bonds is 4. The summed E-state index contributed by atoms with van der Waals surface area (Å²) >= 11 is 0. The van der Waals surface area contributed by atoms with Gasteiger partial charge in [0.2, 0.25) is 0 Å². The van der Waals surface area contributed by atoms with E-state index in [-0.39, 0.29) is 12.5 Å². The Balaban J connectivity index is 1.96. The first-order chi connectivity index (χ1) is 9.72. The Morgan fingerprint density at radius 2 is 2.05 bits per heavy atom. The zero-order chi connectivity index (χ0) is 14.4. The Morgan fingerprint density at radius 3 is 2.70 bits per heavy atom. The van der Waals surface area contributed by atoms with Crippen LogP contribution in [0.5, 0.6) is 11.5 Å². The second kappa shape index (κ2) is 6.78. The van der Waals surface area contributed by atoms with E-state index in [1.807, 2.05) is 6.07 Å². The Labute approximate surface area is 117 Å². The monoisotopic (exact) mass is 276 g/mol. The topological polar surface area (TPSA) is 71.8 Å². The fraction of sp³-hybridized carbons (Fsp3) is 0.429. The molecule has 106 valence electrons. The molecule has 0 N–H and O–H groups in total. The number of nitrogens with zero attached hydrogens (tertiary/aromatic N) is 2. The first kappa shape index (κ1) is 14.2. The Morgan fingerprint density at radius 1 is 1.35 bits per heavy atom. The van der Waals surface area contributed by atoms with Crippen LogP contribution >= 0.6 is 0 Å². The molecule has 0 bridgehead atoms. The number of hydrogen-bond acceptors (Lipinski definition) is 5. The van der Waals surface area contributed by atoms with Gasteiger partial charge < -0.3 is 19.1 Å². The van der Waals surface area contributed by atoms with Gasteiger partial charge in [-0.3, -0.25) is 4.79 Å². The summed E-state index contributed by atoms with van der Waals surface area (Å²) in [5, 5.41) is 8.91. The maximum atomic E-state index is 11.9. The van der Waals surface area contributed by atoms with E-state index >= 15 is 0 Å². The molecule has 2 rings (SSSR count). The maximum Gasteiger partial charge on any atom is 0.260 e. The summed E-state index contributed by atoms with van der Waals surface area (Å²) in [6, 6.07) is 6.85. The number of carbonyl (C=O) groups is 1. The van der Waals surface area contributed by atoms with Crippen molar-refractivity contribution in [1.82, 2.24) is 4.90 Å². The maximum absolute atomic E-state index is 11.9. The summed E-state index contributed by atoms with van der Waals surface area (Å²) in [4.78, 5) is 13.6. The van der Waals surface area contributed by atoms with Crippen LogP contribution in [-0.4, -0.2) is 50.8 Å². The van der Waals surface area contributed by atoms with Gasteiger partial charge in [-0.25, -0.2) is 0 Å². The molecule has 0 spiro atoms. The van der Waals surface area contributed by atoms with Gasteiger partial charge in [-0.2, -0.15) is 5.26 Å². The molecule has 20 heavy (non-hydrogen) atoms. The van der Waals surface area contributed by atoms with E-state index in [1.54, 1.807) is 23.1 Å². The summed E-state index contributed by atoms with van der Waals surface area (Å²) in [5.74, 6) is 0.884. The van der Waals surface area contributed by atoms with Crippen molar-refractivity contribution in [2.75, 3.05) is 40.0 Å². The van der Waals surface area contributed by atoms with Gasteiger partial charge >= 0.3 is 0 Å². The van der Waals surface area contributed by atoms with Gasteiger partial charge in [-0.15, -0.1) is 0 Å². The highest BCUT2D eigenvalue weighted by atomic mass is 16.5. The number of benzene rings is 1. The molecule has 0 radical (unpaired) electrons. The van der Waals surface area contributed by atoms with Gasteiger partial charge in [0, 0.05) is 19.2 Å². The van der Waals surface area contributed by atoms with E-state index in [0.29, 0.717) is 43.4 Å². The molecule has 0 aliphatic carbocycles. The van der Waals surface area contributed by atoms with E-state index in [2.05, 4.69) is 0 Å². The predicted octanol–water partition coefficient (Wildman–Crippen LogP) is 0.804. The normalized spacial score (nSPS) is 14.5. The minimum atomic E-state index is -0.0883. The van der Waals surface area contributed by atoms with Crippen molar-refractivity contribution in [3.8, 4) is 17.6 Å². The van der Waals surface area contributed by atoms with Crippen molar-refractivity contribution >= 4 is 5.91 Å². The molecule has 0 aromatic heterocycles. The van der Waals surface area contributed by atoms with Crippen molar-refractivity contribution in [3.63, 3.8) is 0 Å². The molecule has 6 heteroatoms. The first-order valence-corrected chi connectivity index (χ1v) is 6.30. The van der Waals surface area contributed by atoms with Crippen LogP contribution in [0.1, 0.15) is 5.56 Å². The fourth-order valence-electron chi connectivity index (χ4n) is 1.89. The third-order valence-electron chi connectivity index (χ3n) is 2.97. The van der Waals surface area contributed by atoms with Gasteiger partial charge in [0.15, 0.2) is 6.61 Å². The van der Waals surface area contributed by atoms with Gasteiger partial charge in [0.05, 0.1) is 32.0 Å². The summed E-state index contributed by atoms with van der Waals surface area (Å²) in [5.41, 5.74) is 0.429. The number of nitriles is 1. The number of methoxy groups -OCH3 is 1. The summed E-state index contributed by atoms with van der Waals surface area (Å²) in [6.07, 6.45) is 0. The zero-order valence-corrected chi connectivity index (χ0v) is 11.3. The largest absolute Gasteiger partial charge is 0.497 e. The molecule has 1 saturated heterocycles. The molecule has 0 saturated carbocycles. The van der Waals surface area contributed by atoms with Gasteiger partial charge in [0.1, 0.15) is 11.5 Å². The average Bonchev–Trinajstić information content (AvgIpc) is 2.53. The standard InChI is InChI=1S/C14H16N2O4/c1-18-12-6-11(9-15)7-13(8-12)20-10-14(17)16-2-4-19-5-3-16/h6-8H,2-5,10H2,1H3. The van der Waals surface area contributed by atoms with Crippen molar-refractivity contribution in [2.45, 2.75) is 0 Å². The first-order valence-electron chi connectivity index (χ1n) is 6.30. The van der Waals surface area contributed by atoms with E-state index < -0.39 is 0 Å². The predicted molar refractivity (Wildman–Crippen MR) is 70.6 cm³/mol. The second-order valence-corrected chi connectivity index (χ2v) is 4.29. The molecule has 0 atom stereocenters. The highest BCUT2D eigenvalue weighted by molar-refractivity contribution is 5.77. The molecule has 1 amide bonds. The molecule has 1 aromatic carbocycles. The van der Waals surface area contributed by atoms with Gasteiger partial charge in [0.25, 0.3) is 5.91 Å². The lowest BCUT2D eigenvalue weighted by molar-refractivity contribution is -0.137. The highest BCUT2D eigenvalue weighted by Gasteiger charge is 2.17. The highest BCUT2D eigenvalue weighted by Crippen LogP contribution is 2.22. The third-order valence-corrected chi connectivity index (χ3v) is 2.97. The molecule has 1 heterocycles. The molecule has 1 fully saturated rings. The van der Waals surface area contributed by atoms with E-state index in [4.69, 9.17) is 19.5 Å². The summed E-state index contributed by atoms with van der Waals surface area (Å²) in [7, 11) is 1.51. The molecular formula is C14H16N2O4. The molecule has 1 aromatic rings. The molecular weight excluding hydrogens is 260 g/mol. The number of hydrogen-bond donors (Lipinski definition) is 0. The average molecular weight is 276 g/mol. The van der Waals surface area contributed by atoms with Crippen molar-refractivity contribution < 1.29 is 19.0 Å². The number of carbonyl (C=O) groups excluding carboxylic acids is 1. The van der Waals surface area contributed by atoms with Crippen molar-refractivity contribution in [1.29, 1.82) is 5.26 Å². The molecule has 1 aliphatic heterocycles. The Kier molecular flexibility index (Phi) is 4.80. The van der Waals surface area contributed by atoms with Crippen LogP contribution in [0.4, 0.5) is 0 Å². The number of morpholine rings is 1. The third kappa shape index (κ3) is 3.62. The van der Waals surface area contributed by atoms with Gasteiger partial charge in [-0.1, -0.05) is 0 Å². The lowest BCUT2D eigenvalue weighted by atomic mass is 10.2. The minimum absolute atomic E-state index is 0.0575. The minimum Gasteiger partial charge on any atom is -0.497 e. The van der Waals surface area contributed by atoms with Crippen LogP contribution in [0.3, 0.4) is 0 Å². The van der Waals surface area contributed by atoms with Crippen LogP contribution in [0.25, 0.3) is 0 Å². The second-order valence-electron chi connectivity index (χ2n) is 4.29. The lowest BCUT2D eigenvalue weighted by Gasteiger charge is -2.26. The Hall–Kier alpha value is -2.26. The molecule has 6 nitrogen and oxygen atoms in total. The van der Waals surface area contributed by atoms with Crippen LogP contribution < -0.4 is 9.47 Å². The van der Waals surface area contributed by atoms with Crippen LogP contribution in [0.2, 0.25) is 0 Å². The molecule has 0 unspecified atom stereocenters. The summed E-state index contributed by atoms with van der Waals surface area (Å²) < 4.78 is 15.7. The number of ether oxygens (including phenoxy) is 3. The molecule has 1 aliphatic rings. The zero-order valence-electron chi connectivity index (χ0n) is 11.3. The number of amides is 1. The smallest absolute Gasteiger partial charge is 0.260 e. The Bertz CT molecular complexity index is 518. The van der Waals surface area contributed by atoms with E-state index in [1.165, 1.54) is 7.11 Å². The van der Waals surface area contributed by atoms with Crippen LogP contribution in [0, 0.1) is 11.3 Å². The van der Waals surface area contributed by atoms with Crippen molar-refractivity contribution in [2.24, 2.45) is 0 Å². The lowest BCUT2D eigenvalue weighted by Crippen LogP contribution is -2.42. The summed E-state index contributed by atoms with van der Waals surface area (Å²) in [6.45, 7) is 2.23. The van der Waals surface area contributed by atoms with E-state index in [0.717, 1.165) is 0 Å². The van der Waals surface area contributed by atoms with Crippen molar-refractivity contribution in [3.05, 3.63) is 23.8 Å². The van der Waals surface area contributed by atoms with Gasteiger partial charge in [-0.05, 0) is 12.1 Å². The quantitative estimate of drug-likeness (QED) is 0.813. The SMILES string of the molecule is COc1cc(C#N)cc(OCC(=O)N2CCOCC2)c1. The van der Waals surface area contributed by atoms with Crippen LogP contribution in [0.15, 0.2) is 18.2 Å².